The van der Waals surface area contributed by atoms with Gasteiger partial charge >= 0.3 is 0 Å². The molecule has 0 spiro atoms. The number of nitrogens with zero attached hydrogens (tertiary/aromatic N) is 1. The van der Waals surface area contributed by atoms with Gasteiger partial charge in [0, 0.05) is 10.6 Å². The third-order valence-corrected chi connectivity index (χ3v) is 5.51. The van der Waals surface area contributed by atoms with E-state index in [4.69, 9.17) is 5.73 Å². The summed E-state index contributed by atoms with van der Waals surface area (Å²) >= 11 is 2.78. The molecule has 0 aliphatic rings. The maximum Gasteiger partial charge on any atom is 0.234 e. The number of aromatic nitrogens is 1. The molecule has 0 atom stereocenters. The normalized spacial score (nSPS) is 10.5. The first-order chi connectivity index (χ1) is 11.0. The molecule has 0 aliphatic carbocycles. The zero-order chi connectivity index (χ0) is 16.8. The molecule has 2 rings (SSSR count). The van der Waals surface area contributed by atoms with Crippen molar-refractivity contribution in [3.05, 3.63) is 40.4 Å². The molecule has 0 saturated carbocycles. The number of nitrogens with one attached hydrogen (secondary N) is 1. The lowest BCUT2D eigenvalue weighted by molar-refractivity contribution is -0.117. The molecular formula is C16H19N3O2S2. The Morgan fingerprint density at radius 3 is 2.78 bits per heavy atom. The first-order valence-corrected chi connectivity index (χ1v) is 9.05. The maximum atomic E-state index is 12.1. The summed E-state index contributed by atoms with van der Waals surface area (Å²) in [6, 6.07) is 7.77. The van der Waals surface area contributed by atoms with Gasteiger partial charge in [0.05, 0.1) is 17.9 Å². The van der Waals surface area contributed by atoms with Gasteiger partial charge in [-0.3, -0.25) is 9.59 Å². The van der Waals surface area contributed by atoms with E-state index in [0.717, 1.165) is 32.6 Å². The van der Waals surface area contributed by atoms with Crippen molar-refractivity contribution in [3.63, 3.8) is 0 Å². The number of anilines is 1. The smallest absolute Gasteiger partial charge is 0.234 e. The third-order valence-electron chi connectivity index (χ3n) is 3.21. The van der Waals surface area contributed by atoms with Gasteiger partial charge in [-0.2, -0.15) is 0 Å². The summed E-state index contributed by atoms with van der Waals surface area (Å²) in [7, 11) is 0. The standard InChI is InChI=1S/C16H19N3O2S2/c1-3-11-6-4-5-7-12(11)19-15(21)9-22-16-18-10(2)13(23-16)8-14(17)20/h4-7H,3,8-9H2,1-2H3,(H2,17,20)(H,19,21). The van der Waals surface area contributed by atoms with Gasteiger partial charge in [0.25, 0.3) is 0 Å². The highest BCUT2D eigenvalue weighted by molar-refractivity contribution is 8.01. The van der Waals surface area contributed by atoms with Gasteiger partial charge in [0.15, 0.2) is 4.34 Å². The molecule has 122 valence electrons. The highest BCUT2D eigenvalue weighted by Crippen LogP contribution is 2.27. The van der Waals surface area contributed by atoms with Crippen LogP contribution in [0.2, 0.25) is 0 Å². The Balaban J connectivity index is 1.93. The zero-order valence-electron chi connectivity index (χ0n) is 13.1. The number of rotatable bonds is 7. The molecule has 7 heteroatoms. The molecule has 5 nitrogen and oxygen atoms in total. The van der Waals surface area contributed by atoms with Crippen molar-refractivity contribution >= 4 is 40.6 Å². The first kappa shape index (κ1) is 17.5. The Morgan fingerprint density at radius 2 is 2.09 bits per heavy atom. The van der Waals surface area contributed by atoms with E-state index in [1.54, 1.807) is 0 Å². The Hall–Kier alpha value is -1.86. The van der Waals surface area contributed by atoms with Crippen molar-refractivity contribution in [1.29, 1.82) is 0 Å². The lowest BCUT2D eigenvalue weighted by Gasteiger charge is -2.08. The van der Waals surface area contributed by atoms with E-state index in [-0.39, 0.29) is 24.0 Å². The van der Waals surface area contributed by atoms with Crippen LogP contribution in [-0.4, -0.2) is 22.6 Å². The molecule has 1 aromatic heterocycles. The van der Waals surface area contributed by atoms with E-state index >= 15 is 0 Å². The molecule has 0 fully saturated rings. The number of thiazole rings is 1. The molecule has 1 heterocycles. The second-order valence-corrected chi connectivity index (χ2v) is 7.29. The monoisotopic (exact) mass is 349 g/mol. The lowest BCUT2D eigenvalue weighted by Crippen LogP contribution is -2.15. The molecule has 0 bridgehead atoms. The largest absolute Gasteiger partial charge is 0.369 e. The van der Waals surface area contributed by atoms with Crippen molar-refractivity contribution in [1.82, 2.24) is 4.98 Å². The minimum Gasteiger partial charge on any atom is -0.369 e. The number of hydrogen-bond acceptors (Lipinski definition) is 5. The summed E-state index contributed by atoms with van der Waals surface area (Å²) < 4.78 is 0.776. The van der Waals surface area contributed by atoms with Crippen molar-refractivity contribution in [3.8, 4) is 0 Å². The number of para-hydroxylation sites is 1. The summed E-state index contributed by atoms with van der Waals surface area (Å²) in [5.74, 6) is -0.163. The molecule has 0 radical (unpaired) electrons. The van der Waals surface area contributed by atoms with Crippen LogP contribution < -0.4 is 11.1 Å². The second kappa shape index (κ2) is 8.12. The van der Waals surface area contributed by atoms with Gasteiger partial charge in [-0.05, 0) is 25.0 Å². The molecule has 2 aromatic rings. The fourth-order valence-corrected chi connectivity index (χ4v) is 4.09. The number of aryl methyl sites for hydroxylation is 2. The fraction of sp³-hybridized carbons (Fsp3) is 0.312. The second-order valence-electron chi connectivity index (χ2n) is 4.98. The van der Waals surface area contributed by atoms with Crippen LogP contribution in [0, 0.1) is 6.92 Å². The number of benzene rings is 1. The summed E-state index contributed by atoms with van der Waals surface area (Å²) in [6.07, 6.45) is 1.06. The van der Waals surface area contributed by atoms with Gasteiger partial charge in [-0.25, -0.2) is 4.98 Å². The molecule has 1 aromatic carbocycles. The van der Waals surface area contributed by atoms with Crippen LogP contribution in [0.15, 0.2) is 28.6 Å². The predicted octanol–water partition coefficient (Wildman–Crippen LogP) is 2.77. The van der Waals surface area contributed by atoms with Crippen LogP contribution in [0.4, 0.5) is 5.69 Å². The minimum absolute atomic E-state index is 0.0693. The van der Waals surface area contributed by atoms with E-state index in [9.17, 15) is 9.59 Å². The van der Waals surface area contributed by atoms with E-state index in [0.29, 0.717) is 0 Å². The number of nitrogens with two attached hydrogens (primary N) is 1. The molecule has 23 heavy (non-hydrogen) atoms. The zero-order valence-corrected chi connectivity index (χ0v) is 14.7. The van der Waals surface area contributed by atoms with Crippen LogP contribution in [0.5, 0.6) is 0 Å². The third kappa shape index (κ3) is 5.07. The molecular weight excluding hydrogens is 330 g/mol. The van der Waals surface area contributed by atoms with Crippen LogP contribution in [0.25, 0.3) is 0 Å². The quantitative estimate of drug-likeness (QED) is 0.753. The topological polar surface area (TPSA) is 85.1 Å². The average Bonchev–Trinajstić information content (AvgIpc) is 2.85. The van der Waals surface area contributed by atoms with Crippen molar-refractivity contribution in [2.75, 3.05) is 11.1 Å². The summed E-state index contributed by atoms with van der Waals surface area (Å²) in [6.45, 7) is 3.90. The van der Waals surface area contributed by atoms with Gasteiger partial charge in [-0.15, -0.1) is 11.3 Å². The molecule has 0 saturated heterocycles. The van der Waals surface area contributed by atoms with Gasteiger partial charge in [0.2, 0.25) is 11.8 Å². The summed E-state index contributed by atoms with van der Waals surface area (Å²) in [4.78, 5) is 28.3. The number of hydrogen-bond donors (Lipinski definition) is 2. The molecule has 2 amide bonds. The van der Waals surface area contributed by atoms with E-state index in [1.807, 2.05) is 31.2 Å². The highest BCUT2D eigenvalue weighted by atomic mass is 32.2. The Labute approximate surface area is 143 Å². The van der Waals surface area contributed by atoms with Crippen molar-refractivity contribution in [2.45, 2.75) is 31.0 Å². The molecule has 3 N–H and O–H groups in total. The lowest BCUT2D eigenvalue weighted by atomic mass is 10.1. The van der Waals surface area contributed by atoms with Crippen LogP contribution in [-0.2, 0) is 22.4 Å². The minimum atomic E-state index is -0.373. The number of carbonyl (C=O) groups excluding carboxylic acids is 2. The highest BCUT2D eigenvalue weighted by Gasteiger charge is 2.12. The van der Waals surface area contributed by atoms with Crippen LogP contribution >= 0.6 is 23.1 Å². The Bertz CT molecular complexity index is 713. The molecule has 0 unspecified atom stereocenters. The Kier molecular flexibility index (Phi) is 6.18. The van der Waals surface area contributed by atoms with Crippen molar-refractivity contribution < 1.29 is 9.59 Å². The summed E-state index contributed by atoms with van der Waals surface area (Å²) in [5, 5.41) is 2.93. The number of carbonyl (C=O) groups is 2. The summed E-state index contributed by atoms with van der Waals surface area (Å²) in [5.41, 5.74) is 7.97. The number of amides is 2. The number of primary amides is 1. The van der Waals surface area contributed by atoms with Gasteiger partial charge in [0.1, 0.15) is 0 Å². The van der Waals surface area contributed by atoms with Crippen molar-refractivity contribution in [2.24, 2.45) is 5.73 Å². The van der Waals surface area contributed by atoms with Crippen LogP contribution in [0.3, 0.4) is 0 Å². The van der Waals surface area contributed by atoms with Crippen LogP contribution in [0.1, 0.15) is 23.1 Å². The first-order valence-electron chi connectivity index (χ1n) is 7.24. The Morgan fingerprint density at radius 1 is 1.35 bits per heavy atom. The van der Waals surface area contributed by atoms with E-state index in [1.165, 1.54) is 23.1 Å². The van der Waals surface area contributed by atoms with E-state index < -0.39 is 0 Å². The molecule has 0 aliphatic heterocycles. The SMILES string of the molecule is CCc1ccccc1NC(=O)CSc1nc(C)c(CC(N)=O)s1. The van der Waals surface area contributed by atoms with Gasteiger partial charge in [-0.1, -0.05) is 36.9 Å². The van der Waals surface area contributed by atoms with Gasteiger partial charge < -0.3 is 11.1 Å². The fourth-order valence-electron chi connectivity index (χ4n) is 2.05. The maximum absolute atomic E-state index is 12.1. The number of thioether (sulfide) groups is 1. The van der Waals surface area contributed by atoms with E-state index in [2.05, 4.69) is 17.2 Å². The average molecular weight is 349 g/mol. The predicted molar refractivity (Wildman–Crippen MR) is 94.9 cm³/mol.